The largest absolute Gasteiger partial charge is 0.491 e. The molecule has 112 valence electrons. The molecule has 2 N–H and O–H groups in total. The average molecular weight is 275 g/mol. The first-order chi connectivity index (χ1) is 9.55. The lowest BCUT2D eigenvalue weighted by Gasteiger charge is -2.38. The number of hydrogen-bond donors (Lipinski definition) is 1. The van der Waals surface area contributed by atoms with Crippen LogP contribution < -0.4 is 10.5 Å². The van der Waals surface area contributed by atoms with Crippen molar-refractivity contribution in [2.45, 2.75) is 70.9 Å². The van der Waals surface area contributed by atoms with E-state index in [9.17, 15) is 0 Å². The lowest BCUT2D eigenvalue weighted by Crippen LogP contribution is -2.41. The van der Waals surface area contributed by atoms with Crippen LogP contribution in [-0.2, 0) is 5.54 Å². The Hall–Kier alpha value is -1.02. The third kappa shape index (κ3) is 3.54. The van der Waals surface area contributed by atoms with E-state index in [2.05, 4.69) is 39.0 Å². The second-order valence-corrected chi connectivity index (χ2v) is 6.55. The molecule has 1 aliphatic carbocycles. The van der Waals surface area contributed by atoms with Gasteiger partial charge < -0.3 is 10.5 Å². The second kappa shape index (κ2) is 6.62. The molecule has 2 heteroatoms. The van der Waals surface area contributed by atoms with E-state index in [1.165, 1.54) is 31.2 Å². The van der Waals surface area contributed by atoms with Gasteiger partial charge in [0.15, 0.2) is 0 Å². The van der Waals surface area contributed by atoms with Gasteiger partial charge in [0, 0.05) is 11.1 Å². The summed E-state index contributed by atoms with van der Waals surface area (Å²) in [5, 5.41) is 0. The monoisotopic (exact) mass is 275 g/mol. The maximum absolute atomic E-state index is 6.74. The molecule has 1 saturated carbocycles. The molecule has 1 aliphatic rings. The molecule has 0 spiro atoms. The van der Waals surface area contributed by atoms with E-state index in [4.69, 9.17) is 10.5 Å². The summed E-state index contributed by atoms with van der Waals surface area (Å²) in [4.78, 5) is 0. The van der Waals surface area contributed by atoms with Crippen LogP contribution in [0.3, 0.4) is 0 Å². The Labute approximate surface area is 123 Å². The molecule has 0 bridgehead atoms. The van der Waals surface area contributed by atoms with Crippen molar-refractivity contribution in [2.24, 2.45) is 11.7 Å². The van der Waals surface area contributed by atoms with E-state index < -0.39 is 0 Å². The maximum Gasteiger partial charge on any atom is 0.124 e. The van der Waals surface area contributed by atoms with Crippen LogP contribution in [0.2, 0.25) is 0 Å². The molecule has 20 heavy (non-hydrogen) atoms. The van der Waals surface area contributed by atoms with Crippen LogP contribution in [0.4, 0.5) is 0 Å². The average Bonchev–Trinajstić information content (AvgIpc) is 2.42. The molecule has 1 aromatic carbocycles. The van der Waals surface area contributed by atoms with Crippen molar-refractivity contribution in [1.82, 2.24) is 0 Å². The van der Waals surface area contributed by atoms with Crippen molar-refractivity contribution >= 4 is 0 Å². The van der Waals surface area contributed by atoms with E-state index in [1.54, 1.807) is 0 Å². The Kier molecular flexibility index (Phi) is 5.09. The maximum atomic E-state index is 6.74. The summed E-state index contributed by atoms with van der Waals surface area (Å²) in [5.41, 5.74) is 7.73. The summed E-state index contributed by atoms with van der Waals surface area (Å²) < 4.78 is 5.96. The van der Waals surface area contributed by atoms with E-state index in [0.29, 0.717) is 0 Å². The summed E-state index contributed by atoms with van der Waals surface area (Å²) in [5.74, 6) is 1.84. The lowest BCUT2D eigenvalue weighted by atomic mass is 9.72. The highest BCUT2D eigenvalue weighted by molar-refractivity contribution is 5.39. The number of benzene rings is 1. The third-order valence-corrected chi connectivity index (χ3v) is 4.48. The minimum absolute atomic E-state index is 0.191. The Morgan fingerprint density at radius 2 is 1.90 bits per heavy atom. The van der Waals surface area contributed by atoms with Gasteiger partial charge in [-0.3, -0.25) is 0 Å². The standard InChI is InChI=1S/C18H29NO/c1-4-7-15-10-12-18(19,13-11-15)16-8-5-6-9-17(16)20-14(2)3/h5-6,8-9,14-15H,4,7,10-13,19H2,1-3H3. The van der Waals surface area contributed by atoms with Crippen LogP contribution in [0.15, 0.2) is 24.3 Å². The molecule has 2 nitrogen and oxygen atoms in total. The zero-order valence-electron chi connectivity index (χ0n) is 13.2. The van der Waals surface area contributed by atoms with E-state index in [0.717, 1.165) is 24.5 Å². The molecular formula is C18H29NO. The van der Waals surface area contributed by atoms with Crippen LogP contribution >= 0.6 is 0 Å². The molecule has 0 radical (unpaired) electrons. The Balaban J connectivity index is 2.14. The molecule has 2 rings (SSSR count). The number of rotatable bonds is 5. The van der Waals surface area contributed by atoms with Crippen molar-refractivity contribution in [3.05, 3.63) is 29.8 Å². The molecule has 0 heterocycles. The normalized spacial score (nSPS) is 26.8. The van der Waals surface area contributed by atoms with Gasteiger partial charge >= 0.3 is 0 Å². The predicted octanol–water partition coefficient (Wildman–Crippen LogP) is 4.62. The van der Waals surface area contributed by atoms with Crippen LogP contribution in [-0.4, -0.2) is 6.10 Å². The van der Waals surface area contributed by atoms with Gasteiger partial charge in [-0.25, -0.2) is 0 Å². The van der Waals surface area contributed by atoms with Crippen LogP contribution in [0.1, 0.15) is 64.9 Å². The minimum atomic E-state index is -0.199. The quantitative estimate of drug-likeness (QED) is 0.851. The minimum Gasteiger partial charge on any atom is -0.491 e. The molecule has 0 aliphatic heterocycles. The van der Waals surface area contributed by atoms with Gasteiger partial charge in [0.05, 0.1) is 6.10 Å². The van der Waals surface area contributed by atoms with Gasteiger partial charge in [-0.1, -0.05) is 38.0 Å². The highest BCUT2D eigenvalue weighted by Gasteiger charge is 2.35. The van der Waals surface area contributed by atoms with Crippen molar-refractivity contribution in [3.8, 4) is 5.75 Å². The number of para-hydroxylation sites is 1. The number of ether oxygens (including phenoxy) is 1. The van der Waals surface area contributed by atoms with Crippen molar-refractivity contribution in [2.75, 3.05) is 0 Å². The highest BCUT2D eigenvalue weighted by atomic mass is 16.5. The fourth-order valence-electron chi connectivity index (χ4n) is 3.39. The zero-order valence-corrected chi connectivity index (χ0v) is 13.2. The fourth-order valence-corrected chi connectivity index (χ4v) is 3.39. The second-order valence-electron chi connectivity index (χ2n) is 6.55. The van der Waals surface area contributed by atoms with E-state index in [1.807, 2.05) is 6.07 Å². The number of nitrogens with two attached hydrogens (primary N) is 1. The molecule has 0 saturated heterocycles. The molecule has 0 amide bonds. The lowest BCUT2D eigenvalue weighted by molar-refractivity contribution is 0.203. The van der Waals surface area contributed by atoms with Gasteiger partial charge in [0.25, 0.3) is 0 Å². The smallest absolute Gasteiger partial charge is 0.124 e. The Bertz CT molecular complexity index is 419. The predicted molar refractivity (Wildman–Crippen MR) is 84.9 cm³/mol. The van der Waals surface area contributed by atoms with Gasteiger partial charge in [0.1, 0.15) is 5.75 Å². The van der Waals surface area contributed by atoms with Crippen molar-refractivity contribution in [3.63, 3.8) is 0 Å². The van der Waals surface area contributed by atoms with Crippen LogP contribution in [0.5, 0.6) is 5.75 Å². The van der Waals surface area contributed by atoms with Crippen LogP contribution in [0, 0.1) is 5.92 Å². The molecule has 1 fully saturated rings. The summed E-state index contributed by atoms with van der Waals surface area (Å²) in [6.07, 6.45) is 7.49. The SMILES string of the molecule is CCCC1CCC(N)(c2ccccc2OC(C)C)CC1. The first kappa shape index (κ1) is 15.4. The Morgan fingerprint density at radius 3 is 2.50 bits per heavy atom. The fraction of sp³-hybridized carbons (Fsp3) is 0.667. The van der Waals surface area contributed by atoms with Gasteiger partial charge in [-0.2, -0.15) is 0 Å². The third-order valence-electron chi connectivity index (χ3n) is 4.48. The molecule has 0 aromatic heterocycles. The van der Waals surface area contributed by atoms with E-state index >= 15 is 0 Å². The number of hydrogen-bond acceptors (Lipinski definition) is 2. The molecule has 0 unspecified atom stereocenters. The topological polar surface area (TPSA) is 35.2 Å². The summed E-state index contributed by atoms with van der Waals surface area (Å²) in [6.45, 7) is 6.41. The van der Waals surface area contributed by atoms with E-state index in [-0.39, 0.29) is 11.6 Å². The highest BCUT2D eigenvalue weighted by Crippen LogP contribution is 2.42. The van der Waals surface area contributed by atoms with Gasteiger partial charge in [-0.05, 0) is 51.5 Å². The first-order valence-electron chi connectivity index (χ1n) is 8.10. The van der Waals surface area contributed by atoms with Crippen LogP contribution in [0.25, 0.3) is 0 Å². The van der Waals surface area contributed by atoms with Gasteiger partial charge in [0.2, 0.25) is 0 Å². The summed E-state index contributed by atoms with van der Waals surface area (Å²) in [6, 6.07) is 8.32. The van der Waals surface area contributed by atoms with Crippen molar-refractivity contribution in [1.29, 1.82) is 0 Å². The summed E-state index contributed by atoms with van der Waals surface area (Å²) >= 11 is 0. The van der Waals surface area contributed by atoms with Gasteiger partial charge in [-0.15, -0.1) is 0 Å². The summed E-state index contributed by atoms with van der Waals surface area (Å²) in [7, 11) is 0. The molecular weight excluding hydrogens is 246 g/mol. The first-order valence-corrected chi connectivity index (χ1v) is 8.10. The van der Waals surface area contributed by atoms with Crippen molar-refractivity contribution < 1.29 is 4.74 Å². The molecule has 1 aromatic rings. The Morgan fingerprint density at radius 1 is 1.25 bits per heavy atom. The zero-order chi connectivity index (χ0) is 14.6. The molecule has 0 atom stereocenters.